The lowest BCUT2D eigenvalue weighted by molar-refractivity contribution is -0.142. The quantitative estimate of drug-likeness (QED) is 0.104. The molecule has 0 saturated heterocycles. The second-order valence-corrected chi connectivity index (χ2v) is 11.5. The minimum Gasteiger partial charge on any atom is -0.480 e. The van der Waals surface area contributed by atoms with E-state index in [0.717, 1.165) is 5.56 Å². The Balaban J connectivity index is 1.87. The van der Waals surface area contributed by atoms with Crippen molar-refractivity contribution in [3.05, 3.63) is 65.7 Å². The van der Waals surface area contributed by atoms with Gasteiger partial charge in [-0.15, -0.1) is 0 Å². The van der Waals surface area contributed by atoms with Crippen molar-refractivity contribution in [2.75, 3.05) is 13.1 Å². The molecule has 3 unspecified atom stereocenters. The molecule has 0 radical (unpaired) electrons. The van der Waals surface area contributed by atoms with Gasteiger partial charge in [0.05, 0.1) is 19.1 Å². The molecular formula is C28H38N5O10P. The molecule has 4 amide bonds. The highest BCUT2D eigenvalue weighted by Crippen LogP contribution is 2.37. The third-order valence-electron chi connectivity index (χ3n) is 6.07. The zero-order chi connectivity index (χ0) is 32.9. The van der Waals surface area contributed by atoms with Crippen LogP contribution in [0.3, 0.4) is 0 Å². The van der Waals surface area contributed by atoms with E-state index >= 15 is 0 Å². The fraction of sp³-hybridized carbons (Fsp3) is 0.393. The third-order valence-corrected chi connectivity index (χ3v) is 6.51. The number of carboxylic acids is 1. The summed E-state index contributed by atoms with van der Waals surface area (Å²) in [4.78, 5) is 79.5. The molecule has 3 atom stereocenters. The standard InChI is InChI=1S/C28H38N5O10P/c1-17(2)12-23(28(38)39)33-27(37)22(14-18-6-4-3-5-7-18)32-25(35)16-30-24(34)15-31-26(36)21(29)13-19-8-10-20(11-9-19)43-44(40,41)42/h3-11,17,21-23H,12-16,29H2,1-2H3,(H,30,34)(H,31,36)(H,32,35)(H,33,37)(H,38,39)(H2,40,41,42). The van der Waals surface area contributed by atoms with Crippen molar-refractivity contribution >= 4 is 37.4 Å². The van der Waals surface area contributed by atoms with Gasteiger partial charge in [0.25, 0.3) is 0 Å². The average Bonchev–Trinajstić information content (AvgIpc) is 2.94. The van der Waals surface area contributed by atoms with Gasteiger partial charge in [-0.05, 0) is 42.0 Å². The fourth-order valence-corrected chi connectivity index (χ4v) is 4.38. The summed E-state index contributed by atoms with van der Waals surface area (Å²) < 4.78 is 15.4. The first-order valence-corrected chi connectivity index (χ1v) is 15.2. The first kappa shape index (κ1) is 35.9. The van der Waals surface area contributed by atoms with E-state index in [2.05, 4.69) is 25.8 Å². The van der Waals surface area contributed by atoms with Crippen molar-refractivity contribution in [3.8, 4) is 5.75 Å². The maximum Gasteiger partial charge on any atom is 0.524 e. The van der Waals surface area contributed by atoms with Gasteiger partial charge < -0.3 is 36.6 Å². The summed E-state index contributed by atoms with van der Waals surface area (Å²) in [6, 6.07) is 11.0. The number of carboxylic acid groups (broad SMARTS) is 1. The highest BCUT2D eigenvalue weighted by Gasteiger charge is 2.27. The second-order valence-electron chi connectivity index (χ2n) is 10.4. The van der Waals surface area contributed by atoms with E-state index in [0.29, 0.717) is 5.56 Å². The van der Waals surface area contributed by atoms with Crippen molar-refractivity contribution in [2.24, 2.45) is 11.7 Å². The Hall–Kier alpha value is -4.30. The molecule has 0 saturated carbocycles. The number of carbonyl (C=O) groups excluding carboxylic acids is 4. The topological polar surface area (TPSA) is 246 Å². The summed E-state index contributed by atoms with van der Waals surface area (Å²) in [5.74, 6) is -4.03. The first-order chi connectivity index (χ1) is 20.6. The van der Waals surface area contributed by atoms with Crippen LogP contribution in [0.25, 0.3) is 0 Å². The number of hydrogen-bond acceptors (Lipinski definition) is 8. The Morgan fingerprint density at radius 2 is 1.39 bits per heavy atom. The molecule has 2 aromatic carbocycles. The van der Waals surface area contributed by atoms with Crippen LogP contribution >= 0.6 is 7.82 Å². The molecule has 0 fully saturated rings. The summed E-state index contributed by atoms with van der Waals surface area (Å²) in [7, 11) is -4.71. The zero-order valence-electron chi connectivity index (χ0n) is 24.3. The van der Waals surface area contributed by atoms with E-state index in [1.165, 1.54) is 24.3 Å². The number of nitrogens with one attached hydrogen (secondary N) is 4. The lowest BCUT2D eigenvalue weighted by Gasteiger charge is -2.22. The van der Waals surface area contributed by atoms with Crippen molar-refractivity contribution < 1.29 is 48.0 Å². The molecule has 0 bridgehead atoms. The van der Waals surface area contributed by atoms with E-state index < -0.39 is 68.6 Å². The van der Waals surface area contributed by atoms with E-state index in [1.807, 2.05) is 13.8 Å². The Kier molecular flexibility index (Phi) is 14.0. The van der Waals surface area contributed by atoms with Gasteiger partial charge in [-0.2, -0.15) is 0 Å². The lowest BCUT2D eigenvalue weighted by Crippen LogP contribution is -2.54. The number of carbonyl (C=O) groups is 5. The molecule has 0 aliphatic rings. The minimum absolute atomic E-state index is 0.00620. The number of rotatable bonds is 17. The van der Waals surface area contributed by atoms with Crippen molar-refractivity contribution in [3.63, 3.8) is 0 Å². The summed E-state index contributed by atoms with van der Waals surface area (Å²) in [6.07, 6.45) is 0.323. The maximum atomic E-state index is 13.0. The van der Waals surface area contributed by atoms with Crippen LogP contribution < -0.4 is 31.5 Å². The van der Waals surface area contributed by atoms with Crippen molar-refractivity contribution in [2.45, 2.75) is 51.2 Å². The van der Waals surface area contributed by atoms with Gasteiger partial charge in [-0.1, -0.05) is 56.3 Å². The number of hydrogen-bond donors (Lipinski definition) is 8. The van der Waals surface area contributed by atoms with E-state index in [9.17, 15) is 33.6 Å². The predicted molar refractivity (Wildman–Crippen MR) is 158 cm³/mol. The molecule has 15 nitrogen and oxygen atoms in total. The van der Waals surface area contributed by atoms with Crippen LogP contribution in [0.1, 0.15) is 31.4 Å². The normalized spacial score (nSPS) is 13.2. The van der Waals surface area contributed by atoms with Gasteiger partial charge in [0.15, 0.2) is 0 Å². The Labute approximate surface area is 254 Å². The van der Waals surface area contributed by atoms with Gasteiger partial charge in [-0.25, -0.2) is 9.36 Å². The number of benzene rings is 2. The molecular weight excluding hydrogens is 597 g/mol. The number of phosphoric ester groups is 1. The van der Waals surface area contributed by atoms with Gasteiger partial charge in [0.2, 0.25) is 23.6 Å². The molecule has 2 rings (SSSR count). The molecule has 0 aromatic heterocycles. The van der Waals surface area contributed by atoms with Crippen molar-refractivity contribution in [1.29, 1.82) is 0 Å². The summed E-state index contributed by atoms with van der Waals surface area (Å²) in [5.41, 5.74) is 7.17. The van der Waals surface area contributed by atoms with Crippen LogP contribution in [-0.2, 0) is 41.4 Å². The summed E-state index contributed by atoms with van der Waals surface area (Å²) >= 11 is 0. The predicted octanol–water partition coefficient (Wildman–Crippen LogP) is -0.397. The molecule has 9 N–H and O–H groups in total. The minimum atomic E-state index is -4.71. The molecule has 0 heterocycles. The van der Waals surface area contributed by atoms with E-state index in [4.69, 9.17) is 15.5 Å². The molecule has 2 aromatic rings. The number of phosphoric acid groups is 1. The van der Waals surface area contributed by atoms with Gasteiger partial charge in [0, 0.05) is 6.42 Å². The third kappa shape index (κ3) is 13.8. The monoisotopic (exact) mass is 635 g/mol. The molecule has 240 valence electrons. The molecule has 16 heteroatoms. The first-order valence-electron chi connectivity index (χ1n) is 13.6. The van der Waals surface area contributed by atoms with Gasteiger partial charge in [-0.3, -0.25) is 29.0 Å². The fourth-order valence-electron chi connectivity index (χ4n) is 3.98. The zero-order valence-corrected chi connectivity index (χ0v) is 25.2. The largest absolute Gasteiger partial charge is 0.524 e. The second kappa shape index (κ2) is 17.1. The molecule has 0 spiro atoms. The van der Waals surface area contributed by atoms with Crippen LogP contribution in [0.5, 0.6) is 5.75 Å². The van der Waals surface area contributed by atoms with Crippen LogP contribution in [0, 0.1) is 5.92 Å². The van der Waals surface area contributed by atoms with E-state index in [-0.39, 0.29) is 30.9 Å². The summed E-state index contributed by atoms with van der Waals surface area (Å²) in [5, 5.41) is 19.2. The number of amides is 4. The highest BCUT2D eigenvalue weighted by atomic mass is 31.2. The number of aliphatic carboxylic acids is 1. The Morgan fingerprint density at radius 3 is 1.95 bits per heavy atom. The smallest absolute Gasteiger partial charge is 0.480 e. The van der Waals surface area contributed by atoms with E-state index in [1.54, 1.807) is 30.3 Å². The Bertz CT molecular complexity index is 1330. The van der Waals surface area contributed by atoms with Crippen molar-refractivity contribution in [1.82, 2.24) is 21.3 Å². The van der Waals surface area contributed by atoms with Crippen LogP contribution in [0.15, 0.2) is 54.6 Å². The molecule has 0 aliphatic heterocycles. The summed E-state index contributed by atoms with van der Waals surface area (Å²) in [6.45, 7) is 2.63. The SMILES string of the molecule is CC(C)CC(NC(=O)C(Cc1ccccc1)NC(=O)CNC(=O)CNC(=O)C(N)Cc1ccc(OP(=O)(O)O)cc1)C(=O)O. The Morgan fingerprint density at radius 1 is 0.795 bits per heavy atom. The van der Waals surface area contributed by atoms with Crippen LogP contribution in [0.4, 0.5) is 0 Å². The molecule has 0 aliphatic carbocycles. The van der Waals surface area contributed by atoms with Gasteiger partial charge in [0.1, 0.15) is 17.8 Å². The lowest BCUT2D eigenvalue weighted by atomic mass is 10.0. The number of nitrogens with two attached hydrogens (primary N) is 1. The highest BCUT2D eigenvalue weighted by molar-refractivity contribution is 7.46. The maximum absolute atomic E-state index is 13.0. The van der Waals surface area contributed by atoms with Gasteiger partial charge >= 0.3 is 13.8 Å². The van der Waals surface area contributed by atoms with Crippen LogP contribution in [0.2, 0.25) is 0 Å². The van der Waals surface area contributed by atoms with Crippen LogP contribution in [-0.4, -0.2) is 75.7 Å². The average molecular weight is 636 g/mol. The molecule has 44 heavy (non-hydrogen) atoms.